The first-order valence-corrected chi connectivity index (χ1v) is 17.0. The number of hydrogen-bond acceptors (Lipinski definition) is 1. The van der Waals surface area contributed by atoms with E-state index < -0.39 is 0 Å². The topological polar surface area (TPSA) is 12.1 Å². The molecule has 226 valence electrons. The van der Waals surface area contributed by atoms with E-state index in [-0.39, 0.29) is 0 Å². The van der Waals surface area contributed by atoms with Crippen molar-refractivity contribution in [1.82, 2.24) is 8.80 Å². The zero-order chi connectivity index (χ0) is 31.8. The summed E-state index contributed by atoms with van der Waals surface area (Å²) in [4.78, 5) is 2.40. The van der Waals surface area contributed by atoms with Crippen LogP contribution in [0.5, 0.6) is 0 Å². The van der Waals surface area contributed by atoms with Crippen molar-refractivity contribution < 1.29 is 0 Å². The van der Waals surface area contributed by atoms with Gasteiger partial charge in [-0.25, -0.2) is 0 Å². The van der Waals surface area contributed by atoms with Gasteiger partial charge in [-0.2, -0.15) is 0 Å². The zero-order valence-electron chi connectivity index (χ0n) is 26.4. The molecule has 4 heterocycles. The molecule has 12 aromatic rings. The maximum atomic E-state index is 2.55. The van der Waals surface area contributed by atoms with Gasteiger partial charge in [-0.15, -0.1) is 0 Å². The lowest BCUT2D eigenvalue weighted by atomic mass is 9.99. The minimum atomic E-state index is 1.14. The van der Waals surface area contributed by atoms with Gasteiger partial charge in [0.05, 0.1) is 38.8 Å². The summed E-state index contributed by atoms with van der Waals surface area (Å²) < 4.78 is 5.07. The molecule has 3 heteroatoms. The second-order valence-corrected chi connectivity index (χ2v) is 13.3. The van der Waals surface area contributed by atoms with Crippen LogP contribution in [0, 0.1) is 0 Å². The molecule has 49 heavy (non-hydrogen) atoms. The lowest BCUT2D eigenvalue weighted by Gasteiger charge is -2.26. The molecule has 0 unspecified atom stereocenters. The third-order valence-corrected chi connectivity index (χ3v) is 10.9. The fourth-order valence-electron chi connectivity index (χ4n) is 8.99. The summed E-state index contributed by atoms with van der Waals surface area (Å²) in [5.74, 6) is 0. The molecule has 0 spiro atoms. The first-order chi connectivity index (χ1) is 24.3. The average molecular weight is 622 g/mol. The van der Waals surface area contributed by atoms with Crippen LogP contribution < -0.4 is 4.90 Å². The van der Waals surface area contributed by atoms with Crippen LogP contribution in [0.3, 0.4) is 0 Å². The molecule has 0 bridgehead atoms. The van der Waals surface area contributed by atoms with E-state index in [0.29, 0.717) is 0 Å². The Morgan fingerprint density at radius 3 is 1.67 bits per heavy atom. The number of hydrogen-bond donors (Lipinski definition) is 0. The molecule has 0 radical (unpaired) electrons. The smallest absolute Gasteiger partial charge is 0.0782 e. The monoisotopic (exact) mass is 621 g/mol. The van der Waals surface area contributed by atoms with Crippen molar-refractivity contribution in [2.45, 2.75) is 0 Å². The van der Waals surface area contributed by atoms with Gasteiger partial charge < -0.3 is 13.7 Å². The summed E-state index contributed by atoms with van der Waals surface area (Å²) in [6.45, 7) is 0. The fraction of sp³-hybridized carbons (Fsp3) is 0. The predicted molar refractivity (Wildman–Crippen MR) is 208 cm³/mol. The van der Waals surface area contributed by atoms with Crippen LogP contribution in [0.15, 0.2) is 164 Å². The van der Waals surface area contributed by atoms with Crippen molar-refractivity contribution in [2.75, 3.05) is 4.90 Å². The number of nitrogens with zero attached hydrogens (tertiary/aromatic N) is 3. The lowest BCUT2D eigenvalue weighted by Crippen LogP contribution is -2.10. The van der Waals surface area contributed by atoms with Gasteiger partial charge in [0.1, 0.15) is 0 Å². The molecule has 0 saturated heterocycles. The van der Waals surface area contributed by atoms with Crippen molar-refractivity contribution in [2.24, 2.45) is 0 Å². The Bertz CT molecular complexity index is 3220. The lowest BCUT2D eigenvalue weighted by molar-refractivity contribution is 1.27. The molecule has 0 fully saturated rings. The Labute approximate surface area is 280 Å². The Hall–Kier alpha value is -6.58. The molecular weight excluding hydrogens is 595 g/mol. The number of para-hydroxylation sites is 5. The van der Waals surface area contributed by atoms with Crippen LogP contribution >= 0.6 is 0 Å². The summed E-state index contributed by atoms with van der Waals surface area (Å²) in [5, 5.41) is 13.0. The first-order valence-electron chi connectivity index (χ1n) is 17.0. The van der Waals surface area contributed by atoms with Gasteiger partial charge >= 0.3 is 0 Å². The highest BCUT2D eigenvalue weighted by atomic mass is 15.2. The van der Waals surface area contributed by atoms with E-state index in [9.17, 15) is 0 Å². The van der Waals surface area contributed by atoms with E-state index in [0.717, 1.165) is 17.1 Å². The van der Waals surface area contributed by atoms with Crippen molar-refractivity contribution in [1.29, 1.82) is 0 Å². The molecule has 0 aliphatic carbocycles. The molecular formula is C46H27N3. The van der Waals surface area contributed by atoms with Gasteiger partial charge in [-0.1, -0.05) is 109 Å². The molecule has 0 amide bonds. The van der Waals surface area contributed by atoms with Gasteiger partial charge in [0.15, 0.2) is 0 Å². The van der Waals surface area contributed by atoms with Crippen LogP contribution in [0.2, 0.25) is 0 Å². The molecule has 4 aromatic heterocycles. The maximum Gasteiger partial charge on any atom is 0.0782 e. The number of aromatic nitrogens is 2. The average Bonchev–Trinajstić information content (AvgIpc) is 3.88. The molecule has 0 saturated carbocycles. The Morgan fingerprint density at radius 1 is 0.327 bits per heavy atom. The van der Waals surface area contributed by atoms with Crippen LogP contribution in [0.4, 0.5) is 17.1 Å². The quantitative estimate of drug-likeness (QED) is 0.191. The molecule has 3 nitrogen and oxygen atoms in total. The van der Waals surface area contributed by atoms with E-state index in [2.05, 4.69) is 177 Å². The largest absolute Gasteiger partial charge is 0.308 e. The number of fused-ring (bicyclic) bond motifs is 14. The van der Waals surface area contributed by atoms with E-state index in [4.69, 9.17) is 0 Å². The molecule has 12 rings (SSSR count). The highest BCUT2D eigenvalue weighted by molar-refractivity contribution is 6.34. The van der Waals surface area contributed by atoms with Gasteiger partial charge in [0.25, 0.3) is 0 Å². The van der Waals surface area contributed by atoms with E-state index >= 15 is 0 Å². The molecule has 0 aliphatic heterocycles. The number of benzene rings is 8. The minimum Gasteiger partial charge on any atom is -0.308 e. The van der Waals surface area contributed by atoms with Crippen LogP contribution in [-0.2, 0) is 0 Å². The Balaban J connectivity index is 1.30. The van der Waals surface area contributed by atoms with Gasteiger partial charge in [0.2, 0.25) is 0 Å². The Morgan fingerprint density at radius 2 is 0.898 bits per heavy atom. The van der Waals surface area contributed by atoms with Crippen LogP contribution in [0.25, 0.3) is 87.0 Å². The number of rotatable bonds is 3. The SMILES string of the molecule is c1ccc(N(c2ccccc2)c2cccc3c4cccc5c6cc7c(cc6n(c23)c54)c2c3ccccc3cc3c4ccccc4n7c32)cc1. The summed E-state index contributed by atoms with van der Waals surface area (Å²) >= 11 is 0. The third kappa shape index (κ3) is 3.13. The van der Waals surface area contributed by atoms with Crippen LogP contribution in [0.1, 0.15) is 0 Å². The van der Waals surface area contributed by atoms with E-state index in [1.807, 2.05) is 0 Å². The fourth-order valence-corrected chi connectivity index (χ4v) is 8.99. The predicted octanol–water partition coefficient (Wildman–Crippen LogP) is 12.6. The highest BCUT2D eigenvalue weighted by Crippen LogP contribution is 2.48. The van der Waals surface area contributed by atoms with Gasteiger partial charge in [0, 0.05) is 54.5 Å². The number of anilines is 3. The highest BCUT2D eigenvalue weighted by Gasteiger charge is 2.25. The van der Waals surface area contributed by atoms with Gasteiger partial charge in [-0.05, 0) is 65.4 Å². The molecule has 0 atom stereocenters. The normalized spacial score (nSPS) is 12.5. The maximum absolute atomic E-state index is 2.55. The Kier molecular flexibility index (Phi) is 4.72. The molecule has 0 N–H and O–H groups in total. The van der Waals surface area contributed by atoms with Crippen LogP contribution in [-0.4, -0.2) is 8.80 Å². The summed E-state index contributed by atoms with van der Waals surface area (Å²) in [5.41, 5.74) is 11.0. The molecule has 8 aromatic carbocycles. The summed E-state index contributed by atoms with van der Waals surface area (Å²) in [6, 6.07) is 60.2. The molecule has 0 aliphatic rings. The minimum absolute atomic E-state index is 1.14. The van der Waals surface area contributed by atoms with Gasteiger partial charge in [-0.3, -0.25) is 0 Å². The first kappa shape index (κ1) is 25.5. The van der Waals surface area contributed by atoms with Crippen molar-refractivity contribution in [3.8, 4) is 0 Å². The standard InChI is InChI=1S/C46H27N3/c1-3-14-29(15-4-1)47(30-16-5-2-6-17-30)40-24-12-22-34-33-20-11-21-35-36-26-42-38(27-41(36)49(44(33)35)45(34)40)43-31-18-8-7-13-28(31)25-37-32-19-9-10-23-39(32)48(42)46(37)43/h1-27H. The van der Waals surface area contributed by atoms with Crippen molar-refractivity contribution in [3.63, 3.8) is 0 Å². The van der Waals surface area contributed by atoms with E-state index in [1.54, 1.807) is 0 Å². The van der Waals surface area contributed by atoms with Crippen molar-refractivity contribution in [3.05, 3.63) is 164 Å². The zero-order valence-corrected chi connectivity index (χ0v) is 26.4. The second-order valence-electron chi connectivity index (χ2n) is 13.3. The third-order valence-electron chi connectivity index (χ3n) is 10.9. The second kappa shape index (κ2) is 9.06. The summed E-state index contributed by atoms with van der Waals surface area (Å²) in [6.07, 6.45) is 0. The summed E-state index contributed by atoms with van der Waals surface area (Å²) in [7, 11) is 0. The van der Waals surface area contributed by atoms with Crippen molar-refractivity contribution >= 4 is 104 Å². The van der Waals surface area contributed by atoms with E-state index in [1.165, 1.54) is 87.0 Å².